The molecule has 8 heteroatoms. The second-order valence-corrected chi connectivity index (χ2v) is 9.70. The molecule has 0 saturated heterocycles. The molecule has 0 fully saturated rings. The molecule has 2 heterocycles. The zero-order valence-corrected chi connectivity index (χ0v) is 19.9. The van der Waals surface area contributed by atoms with Crippen LogP contribution in [0.15, 0.2) is 67.8 Å². The summed E-state index contributed by atoms with van der Waals surface area (Å²) in [5.41, 5.74) is 1.99. The average Bonchev–Trinajstić information content (AvgIpc) is 3.16. The van der Waals surface area contributed by atoms with Crippen LogP contribution < -0.4 is 10.9 Å². The standard InChI is InChI=1S/C24H25N3O3S2/c1-15(2)11-12-27-23(29)22-21(18-9-4-5-10-19(18)30-22)26-24(27)32-14-20(28)25-16-7-6-8-17(13-16)31-3/h4-10,13,15H,11-12,14H2,1-3H3,(H,25,28). The first-order chi connectivity index (χ1) is 15.5. The van der Waals surface area contributed by atoms with Crippen LogP contribution in [0.4, 0.5) is 5.69 Å². The van der Waals surface area contributed by atoms with Gasteiger partial charge in [-0.05, 0) is 48.9 Å². The van der Waals surface area contributed by atoms with Crippen LogP contribution in [0.1, 0.15) is 20.3 Å². The van der Waals surface area contributed by atoms with Gasteiger partial charge in [0.15, 0.2) is 5.16 Å². The molecule has 0 saturated carbocycles. The molecule has 0 bridgehead atoms. The first kappa shape index (κ1) is 22.5. The first-order valence-corrected chi connectivity index (χ1v) is 12.7. The molecule has 4 rings (SSSR count). The lowest BCUT2D eigenvalue weighted by molar-refractivity contribution is -0.113. The summed E-state index contributed by atoms with van der Waals surface area (Å²) in [5, 5.41) is 4.26. The third kappa shape index (κ3) is 4.86. The summed E-state index contributed by atoms with van der Waals surface area (Å²) >= 11 is 2.89. The Morgan fingerprint density at radius 2 is 2.00 bits per heavy atom. The van der Waals surface area contributed by atoms with Crippen molar-refractivity contribution in [2.75, 3.05) is 17.3 Å². The van der Waals surface area contributed by atoms with Crippen LogP contribution in [0.5, 0.6) is 0 Å². The highest BCUT2D eigenvalue weighted by atomic mass is 32.2. The van der Waals surface area contributed by atoms with Gasteiger partial charge in [0.1, 0.15) is 11.1 Å². The highest BCUT2D eigenvalue weighted by Crippen LogP contribution is 2.27. The van der Waals surface area contributed by atoms with Crippen molar-refractivity contribution < 1.29 is 9.21 Å². The Labute approximate surface area is 194 Å². The Hall–Kier alpha value is -2.71. The molecule has 0 spiro atoms. The van der Waals surface area contributed by atoms with Crippen molar-refractivity contribution in [2.24, 2.45) is 5.92 Å². The Balaban J connectivity index is 1.63. The number of carbonyl (C=O) groups is 1. The smallest absolute Gasteiger partial charge is 0.297 e. The Morgan fingerprint density at radius 3 is 2.78 bits per heavy atom. The number of amides is 1. The molecule has 0 aliphatic carbocycles. The van der Waals surface area contributed by atoms with E-state index in [0.29, 0.717) is 28.7 Å². The molecule has 0 aliphatic heterocycles. The summed E-state index contributed by atoms with van der Waals surface area (Å²) in [7, 11) is 0. The van der Waals surface area contributed by atoms with Gasteiger partial charge in [-0.3, -0.25) is 14.2 Å². The van der Waals surface area contributed by atoms with Crippen LogP contribution in [0.25, 0.3) is 22.1 Å². The SMILES string of the molecule is CSc1cccc(NC(=O)CSc2nc3c(oc4ccccc43)c(=O)n2CCC(C)C)c1. The fourth-order valence-corrected chi connectivity index (χ4v) is 4.65. The zero-order valence-electron chi connectivity index (χ0n) is 18.3. The van der Waals surface area contributed by atoms with Crippen molar-refractivity contribution in [1.29, 1.82) is 0 Å². The third-order valence-electron chi connectivity index (χ3n) is 5.06. The number of carbonyl (C=O) groups excluding carboxylic acids is 1. The number of nitrogens with zero attached hydrogens (tertiary/aromatic N) is 2. The number of fused-ring (bicyclic) bond motifs is 3. The minimum Gasteiger partial charge on any atom is -0.448 e. The van der Waals surface area contributed by atoms with E-state index in [-0.39, 0.29) is 22.8 Å². The molecule has 2 aromatic heterocycles. The largest absolute Gasteiger partial charge is 0.448 e. The van der Waals surface area contributed by atoms with Gasteiger partial charge in [0.25, 0.3) is 5.56 Å². The van der Waals surface area contributed by atoms with Crippen LogP contribution in [0.3, 0.4) is 0 Å². The summed E-state index contributed by atoms with van der Waals surface area (Å²) in [4.78, 5) is 31.7. The van der Waals surface area contributed by atoms with E-state index in [4.69, 9.17) is 9.40 Å². The van der Waals surface area contributed by atoms with Crippen molar-refractivity contribution in [2.45, 2.75) is 36.9 Å². The van der Waals surface area contributed by atoms with E-state index in [1.165, 1.54) is 11.8 Å². The van der Waals surface area contributed by atoms with Gasteiger partial charge >= 0.3 is 0 Å². The number of furan rings is 1. The maximum Gasteiger partial charge on any atom is 0.297 e. The van der Waals surface area contributed by atoms with Gasteiger partial charge in [0.2, 0.25) is 11.5 Å². The van der Waals surface area contributed by atoms with Crippen molar-refractivity contribution in [3.8, 4) is 0 Å². The number of benzene rings is 2. The molecule has 1 amide bonds. The lowest BCUT2D eigenvalue weighted by Gasteiger charge is -2.13. The fourth-order valence-electron chi connectivity index (χ4n) is 3.38. The van der Waals surface area contributed by atoms with Crippen molar-refractivity contribution in [3.05, 3.63) is 58.9 Å². The number of hydrogen-bond acceptors (Lipinski definition) is 6. The maximum atomic E-state index is 13.3. The number of para-hydroxylation sites is 1. The van der Waals surface area contributed by atoms with Crippen molar-refractivity contribution >= 4 is 57.2 Å². The molecule has 0 atom stereocenters. The van der Waals surface area contributed by atoms with Crippen molar-refractivity contribution in [1.82, 2.24) is 9.55 Å². The summed E-state index contributed by atoms with van der Waals surface area (Å²) in [6.45, 7) is 4.75. The molecular weight excluding hydrogens is 442 g/mol. The summed E-state index contributed by atoms with van der Waals surface area (Å²) in [6, 6.07) is 15.2. The molecule has 6 nitrogen and oxygen atoms in total. The van der Waals surface area contributed by atoms with E-state index < -0.39 is 0 Å². The molecule has 4 aromatic rings. The van der Waals surface area contributed by atoms with Gasteiger partial charge in [-0.25, -0.2) is 4.98 Å². The lowest BCUT2D eigenvalue weighted by Crippen LogP contribution is -2.24. The molecule has 2 aromatic carbocycles. The van der Waals surface area contributed by atoms with E-state index in [1.807, 2.05) is 54.8 Å². The predicted octanol–water partition coefficient (Wildman–Crippen LogP) is 5.64. The van der Waals surface area contributed by atoms with E-state index in [1.54, 1.807) is 16.3 Å². The highest BCUT2D eigenvalue weighted by Gasteiger charge is 2.18. The second kappa shape index (κ2) is 9.83. The van der Waals surface area contributed by atoms with Crippen LogP contribution in [-0.2, 0) is 11.3 Å². The molecule has 0 unspecified atom stereocenters. The van der Waals surface area contributed by atoms with Gasteiger partial charge in [0.05, 0.1) is 5.75 Å². The minimum absolute atomic E-state index is 0.143. The monoisotopic (exact) mass is 467 g/mol. The quantitative estimate of drug-likeness (QED) is 0.267. The maximum absolute atomic E-state index is 13.3. The number of anilines is 1. The normalized spacial score (nSPS) is 11.5. The summed E-state index contributed by atoms with van der Waals surface area (Å²) < 4.78 is 7.46. The highest BCUT2D eigenvalue weighted by molar-refractivity contribution is 7.99. The first-order valence-electron chi connectivity index (χ1n) is 10.4. The lowest BCUT2D eigenvalue weighted by atomic mass is 10.1. The molecule has 0 aliphatic rings. The molecule has 166 valence electrons. The predicted molar refractivity (Wildman–Crippen MR) is 133 cm³/mol. The summed E-state index contributed by atoms with van der Waals surface area (Å²) in [5.74, 6) is 0.437. The van der Waals surface area contributed by atoms with Gasteiger partial charge in [-0.1, -0.05) is 43.8 Å². The number of nitrogens with one attached hydrogen (secondary N) is 1. The fraction of sp³-hybridized carbons (Fsp3) is 0.292. The van der Waals surface area contributed by atoms with E-state index in [0.717, 1.165) is 22.4 Å². The van der Waals surface area contributed by atoms with Crippen molar-refractivity contribution in [3.63, 3.8) is 0 Å². The number of hydrogen-bond donors (Lipinski definition) is 1. The number of rotatable bonds is 8. The van der Waals surface area contributed by atoms with Crippen LogP contribution in [0, 0.1) is 5.92 Å². The van der Waals surface area contributed by atoms with Gasteiger partial charge in [-0.2, -0.15) is 0 Å². The Kier molecular flexibility index (Phi) is 6.91. The molecule has 0 radical (unpaired) electrons. The van der Waals surface area contributed by atoms with E-state index in [2.05, 4.69) is 19.2 Å². The van der Waals surface area contributed by atoms with E-state index >= 15 is 0 Å². The number of aromatic nitrogens is 2. The topological polar surface area (TPSA) is 77.1 Å². The minimum atomic E-state index is -0.206. The Morgan fingerprint density at radius 1 is 1.19 bits per heavy atom. The van der Waals surface area contributed by atoms with Gasteiger partial charge in [0, 0.05) is 22.5 Å². The van der Waals surface area contributed by atoms with E-state index in [9.17, 15) is 9.59 Å². The molecule has 1 N–H and O–H groups in total. The van der Waals surface area contributed by atoms with Gasteiger partial charge < -0.3 is 9.73 Å². The van der Waals surface area contributed by atoms with Gasteiger partial charge in [-0.15, -0.1) is 11.8 Å². The molecular formula is C24H25N3O3S2. The average molecular weight is 468 g/mol. The second-order valence-electron chi connectivity index (χ2n) is 7.88. The van der Waals surface area contributed by atoms with Crippen LogP contribution in [-0.4, -0.2) is 27.5 Å². The zero-order chi connectivity index (χ0) is 22.7. The summed E-state index contributed by atoms with van der Waals surface area (Å²) in [6.07, 6.45) is 2.82. The molecule has 32 heavy (non-hydrogen) atoms. The Bertz CT molecular complexity index is 1330. The number of thioether (sulfide) groups is 2. The third-order valence-corrected chi connectivity index (χ3v) is 6.76. The van der Waals surface area contributed by atoms with Crippen LogP contribution in [0.2, 0.25) is 0 Å². The van der Waals surface area contributed by atoms with Crippen LogP contribution >= 0.6 is 23.5 Å².